The van der Waals surface area contributed by atoms with Crippen LogP contribution in [0.3, 0.4) is 0 Å². The maximum absolute atomic E-state index is 5.93. The Morgan fingerprint density at radius 2 is 2.17 bits per heavy atom. The SMILES string of the molecule is CC1CCCN1CCC(C)(C)N. The Kier molecular flexibility index (Phi) is 3.13. The van der Waals surface area contributed by atoms with E-state index >= 15 is 0 Å². The summed E-state index contributed by atoms with van der Waals surface area (Å²) in [6, 6.07) is 0.785. The van der Waals surface area contributed by atoms with Crippen molar-refractivity contribution in [2.24, 2.45) is 5.73 Å². The van der Waals surface area contributed by atoms with Crippen molar-refractivity contribution in [3.63, 3.8) is 0 Å². The zero-order chi connectivity index (χ0) is 9.19. The van der Waals surface area contributed by atoms with Gasteiger partial charge in [0.2, 0.25) is 0 Å². The number of rotatable bonds is 3. The fraction of sp³-hybridized carbons (Fsp3) is 1.00. The topological polar surface area (TPSA) is 29.3 Å². The van der Waals surface area contributed by atoms with Crippen molar-refractivity contribution in [2.45, 2.75) is 51.6 Å². The zero-order valence-electron chi connectivity index (χ0n) is 8.64. The van der Waals surface area contributed by atoms with E-state index in [0.717, 1.165) is 12.5 Å². The van der Waals surface area contributed by atoms with Crippen LogP contribution in [0.25, 0.3) is 0 Å². The van der Waals surface area contributed by atoms with Crippen LogP contribution in [0.1, 0.15) is 40.0 Å². The minimum Gasteiger partial charge on any atom is -0.326 e. The van der Waals surface area contributed by atoms with Crippen LogP contribution < -0.4 is 5.73 Å². The lowest BCUT2D eigenvalue weighted by Crippen LogP contribution is -2.38. The lowest BCUT2D eigenvalue weighted by atomic mass is 10.0. The molecule has 0 amide bonds. The summed E-state index contributed by atoms with van der Waals surface area (Å²) in [4.78, 5) is 2.55. The normalized spacial score (nSPS) is 26.5. The van der Waals surface area contributed by atoms with Crippen LogP contribution >= 0.6 is 0 Å². The molecule has 12 heavy (non-hydrogen) atoms. The van der Waals surface area contributed by atoms with Gasteiger partial charge in [-0.15, -0.1) is 0 Å². The van der Waals surface area contributed by atoms with Gasteiger partial charge in [0.25, 0.3) is 0 Å². The molecule has 2 nitrogen and oxygen atoms in total. The van der Waals surface area contributed by atoms with Crippen molar-refractivity contribution in [1.29, 1.82) is 0 Å². The van der Waals surface area contributed by atoms with E-state index in [1.54, 1.807) is 0 Å². The summed E-state index contributed by atoms with van der Waals surface area (Å²) in [5.41, 5.74) is 5.93. The highest BCUT2D eigenvalue weighted by Crippen LogP contribution is 2.17. The van der Waals surface area contributed by atoms with E-state index < -0.39 is 0 Å². The molecule has 0 spiro atoms. The van der Waals surface area contributed by atoms with Gasteiger partial charge in [-0.25, -0.2) is 0 Å². The number of likely N-dealkylation sites (tertiary alicyclic amines) is 1. The molecule has 0 aromatic rings. The Morgan fingerprint density at radius 3 is 2.58 bits per heavy atom. The van der Waals surface area contributed by atoms with Gasteiger partial charge in [0, 0.05) is 18.1 Å². The van der Waals surface area contributed by atoms with Gasteiger partial charge in [-0.3, -0.25) is 0 Å². The minimum absolute atomic E-state index is 0.00229. The molecule has 1 fully saturated rings. The van der Waals surface area contributed by atoms with Crippen LogP contribution in [0.2, 0.25) is 0 Å². The molecule has 1 saturated heterocycles. The summed E-state index contributed by atoms with van der Waals surface area (Å²) in [6.07, 6.45) is 3.84. The molecular weight excluding hydrogens is 148 g/mol. The molecule has 0 aromatic carbocycles. The van der Waals surface area contributed by atoms with E-state index in [-0.39, 0.29) is 5.54 Å². The molecule has 0 saturated carbocycles. The van der Waals surface area contributed by atoms with Gasteiger partial charge in [-0.2, -0.15) is 0 Å². The molecule has 1 atom stereocenters. The van der Waals surface area contributed by atoms with Gasteiger partial charge < -0.3 is 10.6 Å². The van der Waals surface area contributed by atoms with Crippen LogP contribution in [0, 0.1) is 0 Å². The van der Waals surface area contributed by atoms with Gasteiger partial charge in [0.05, 0.1) is 0 Å². The van der Waals surface area contributed by atoms with Crippen LogP contribution in [-0.4, -0.2) is 29.6 Å². The Labute approximate surface area is 76.1 Å². The average molecular weight is 170 g/mol. The number of nitrogens with zero attached hydrogens (tertiary/aromatic N) is 1. The van der Waals surface area contributed by atoms with Crippen molar-refractivity contribution in [3.8, 4) is 0 Å². The molecule has 1 heterocycles. The Balaban J connectivity index is 2.23. The summed E-state index contributed by atoms with van der Waals surface area (Å²) in [6.45, 7) is 8.97. The predicted octanol–water partition coefficient (Wildman–Crippen LogP) is 1.60. The van der Waals surface area contributed by atoms with Gasteiger partial charge in [0.15, 0.2) is 0 Å². The molecule has 2 heteroatoms. The molecule has 1 aliphatic heterocycles. The fourth-order valence-corrected chi connectivity index (χ4v) is 1.76. The van der Waals surface area contributed by atoms with Gasteiger partial charge in [-0.05, 0) is 46.6 Å². The van der Waals surface area contributed by atoms with Crippen molar-refractivity contribution in [2.75, 3.05) is 13.1 Å². The van der Waals surface area contributed by atoms with E-state index in [4.69, 9.17) is 5.73 Å². The number of hydrogen-bond donors (Lipinski definition) is 1. The first-order valence-electron chi connectivity index (χ1n) is 5.02. The first-order valence-corrected chi connectivity index (χ1v) is 5.02. The highest BCUT2D eigenvalue weighted by atomic mass is 15.2. The van der Waals surface area contributed by atoms with Gasteiger partial charge >= 0.3 is 0 Å². The molecule has 0 bridgehead atoms. The molecule has 0 aromatic heterocycles. The van der Waals surface area contributed by atoms with Crippen molar-refractivity contribution < 1.29 is 0 Å². The van der Waals surface area contributed by atoms with Crippen molar-refractivity contribution in [1.82, 2.24) is 4.90 Å². The summed E-state index contributed by atoms with van der Waals surface area (Å²) in [5, 5.41) is 0. The largest absolute Gasteiger partial charge is 0.326 e. The second kappa shape index (κ2) is 3.75. The summed E-state index contributed by atoms with van der Waals surface area (Å²) in [7, 11) is 0. The third-order valence-electron chi connectivity index (χ3n) is 2.73. The summed E-state index contributed by atoms with van der Waals surface area (Å²) in [5.74, 6) is 0. The van der Waals surface area contributed by atoms with E-state index in [0.29, 0.717) is 0 Å². The Bertz CT molecular complexity index is 137. The average Bonchev–Trinajstić information content (AvgIpc) is 2.29. The first-order chi connectivity index (χ1) is 5.49. The molecule has 0 radical (unpaired) electrons. The van der Waals surface area contributed by atoms with Crippen LogP contribution in [0.15, 0.2) is 0 Å². The molecular formula is C10H22N2. The highest BCUT2D eigenvalue weighted by molar-refractivity contribution is 4.79. The minimum atomic E-state index is 0.00229. The monoisotopic (exact) mass is 170 g/mol. The first kappa shape index (κ1) is 10.0. The molecule has 72 valence electrons. The third-order valence-corrected chi connectivity index (χ3v) is 2.73. The predicted molar refractivity (Wildman–Crippen MR) is 53.2 cm³/mol. The maximum Gasteiger partial charge on any atom is 0.0109 e. The smallest absolute Gasteiger partial charge is 0.0109 e. The Morgan fingerprint density at radius 1 is 1.50 bits per heavy atom. The van der Waals surface area contributed by atoms with Crippen molar-refractivity contribution >= 4 is 0 Å². The third kappa shape index (κ3) is 3.11. The van der Waals surface area contributed by atoms with E-state index in [9.17, 15) is 0 Å². The number of nitrogens with two attached hydrogens (primary N) is 1. The van der Waals surface area contributed by atoms with Crippen LogP contribution in [0.4, 0.5) is 0 Å². The molecule has 0 aliphatic carbocycles. The second-order valence-corrected chi connectivity index (χ2v) is 4.77. The number of hydrogen-bond acceptors (Lipinski definition) is 2. The van der Waals surface area contributed by atoms with Gasteiger partial charge in [0.1, 0.15) is 0 Å². The summed E-state index contributed by atoms with van der Waals surface area (Å²) < 4.78 is 0. The zero-order valence-corrected chi connectivity index (χ0v) is 8.64. The molecule has 1 aliphatic rings. The lowest BCUT2D eigenvalue weighted by Gasteiger charge is -2.26. The molecule has 1 unspecified atom stereocenters. The lowest BCUT2D eigenvalue weighted by molar-refractivity contribution is 0.243. The van der Waals surface area contributed by atoms with Gasteiger partial charge in [-0.1, -0.05) is 0 Å². The fourth-order valence-electron chi connectivity index (χ4n) is 1.76. The molecule has 1 rings (SSSR count). The van der Waals surface area contributed by atoms with Crippen LogP contribution in [-0.2, 0) is 0 Å². The molecule has 2 N–H and O–H groups in total. The van der Waals surface area contributed by atoms with E-state index in [1.165, 1.54) is 25.9 Å². The summed E-state index contributed by atoms with van der Waals surface area (Å²) >= 11 is 0. The Hall–Kier alpha value is -0.0800. The quantitative estimate of drug-likeness (QED) is 0.697. The van der Waals surface area contributed by atoms with E-state index in [2.05, 4.69) is 25.7 Å². The maximum atomic E-state index is 5.93. The van der Waals surface area contributed by atoms with E-state index in [1.807, 2.05) is 0 Å². The van der Waals surface area contributed by atoms with Crippen LogP contribution in [0.5, 0.6) is 0 Å². The van der Waals surface area contributed by atoms with Crippen molar-refractivity contribution in [3.05, 3.63) is 0 Å². The highest BCUT2D eigenvalue weighted by Gasteiger charge is 2.21. The second-order valence-electron chi connectivity index (χ2n) is 4.77. The standard InChI is InChI=1S/C10H22N2/c1-9-5-4-7-12(9)8-6-10(2,3)11/h9H,4-8,11H2,1-3H3.